The predicted octanol–water partition coefficient (Wildman–Crippen LogP) is 3.94. The van der Waals surface area contributed by atoms with Crippen LogP contribution in [0.5, 0.6) is 5.88 Å². The number of fused-ring (bicyclic) bond motifs is 1. The summed E-state index contributed by atoms with van der Waals surface area (Å²) in [6.45, 7) is 1.87. The summed E-state index contributed by atoms with van der Waals surface area (Å²) in [5.41, 5.74) is 0.666. The summed E-state index contributed by atoms with van der Waals surface area (Å²) in [4.78, 5) is 17.1. The second-order valence-corrected chi connectivity index (χ2v) is 4.86. The SMILES string of the molecule is CCCCC(=NC(=O)C(F)(F)F)c1c(O)[nH]c2ccccc12. The van der Waals surface area contributed by atoms with E-state index in [1.807, 2.05) is 6.92 Å². The largest absolute Gasteiger partial charge is 0.494 e. The Bertz CT molecular complexity index is 717. The molecule has 0 fully saturated rings. The smallest absolute Gasteiger partial charge is 0.473 e. The Morgan fingerprint density at radius 3 is 2.64 bits per heavy atom. The molecule has 1 heterocycles. The van der Waals surface area contributed by atoms with E-state index in [9.17, 15) is 23.1 Å². The maximum atomic E-state index is 12.5. The number of carbonyl (C=O) groups excluding carboxylic acids is 1. The Morgan fingerprint density at radius 1 is 1.32 bits per heavy atom. The molecule has 2 aromatic rings. The molecule has 0 spiro atoms. The van der Waals surface area contributed by atoms with E-state index >= 15 is 0 Å². The molecule has 2 N–H and O–H groups in total. The van der Waals surface area contributed by atoms with Crippen LogP contribution in [0.3, 0.4) is 0 Å². The summed E-state index contributed by atoms with van der Waals surface area (Å²) >= 11 is 0. The first-order valence-electron chi connectivity index (χ1n) is 6.83. The molecule has 0 radical (unpaired) electrons. The number of hydrogen-bond acceptors (Lipinski definition) is 2. The molecular weight excluding hydrogens is 297 g/mol. The zero-order chi connectivity index (χ0) is 16.3. The molecule has 118 valence electrons. The molecule has 0 saturated carbocycles. The number of nitrogens with zero attached hydrogens (tertiary/aromatic N) is 1. The minimum atomic E-state index is -5.03. The maximum absolute atomic E-state index is 12.5. The van der Waals surface area contributed by atoms with Crippen molar-refractivity contribution in [1.82, 2.24) is 4.98 Å². The lowest BCUT2D eigenvalue weighted by molar-refractivity contribution is -0.169. The van der Waals surface area contributed by atoms with Crippen molar-refractivity contribution in [2.24, 2.45) is 4.99 Å². The van der Waals surface area contributed by atoms with E-state index < -0.39 is 12.1 Å². The third kappa shape index (κ3) is 3.29. The van der Waals surface area contributed by atoms with Gasteiger partial charge in [0.05, 0.1) is 11.3 Å². The number of alkyl halides is 3. The van der Waals surface area contributed by atoms with Gasteiger partial charge < -0.3 is 10.1 Å². The fourth-order valence-electron chi connectivity index (χ4n) is 2.19. The third-order valence-electron chi connectivity index (χ3n) is 3.22. The van der Waals surface area contributed by atoms with E-state index in [4.69, 9.17) is 0 Å². The van der Waals surface area contributed by atoms with E-state index in [1.165, 1.54) is 0 Å². The van der Waals surface area contributed by atoms with Crippen LogP contribution in [0.15, 0.2) is 29.3 Å². The average Bonchev–Trinajstić information content (AvgIpc) is 2.78. The Labute approximate surface area is 124 Å². The van der Waals surface area contributed by atoms with Gasteiger partial charge in [-0.25, -0.2) is 4.99 Å². The number of nitrogens with one attached hydrogen (secondary N) is 1. The molecule has 0 unspecified atom stereocenters. The van der Waals surface area contributed by atoms with Crippen LogP contribution in [0.1, 0.15) is 31.7 Å². The first-order valence-corrected chi connectivity index (χ1v) is 6.83. The van der Waals surface area contributed by atoms with Crippen LogP contribution in [0.4, 0.5) is 13.2 Å². The van der Waals surface area contributed by atoms with Gasteiger partial charge in [-0.05, 0) is 18.9 Å². The van der Waals surface area contributed by atoms with Gasteiger partial charge in [-0.1, -0.05) is 31.5 Å². The van der Waals surface area contributed by atoms with Crippen LogP contribution in [-0.4, -0.2) is 27.9 Å². The number of amides is 1. The van der Waals surface area contributed by atoms with E-state index in [2.05, 4.69) is 9.98 Å². The predicted molar refractivity (Wildman–Crippen MR) is 77.1 cm³/mol. The van der Waals surface area contributed by atoms with Crippen molar-refractivity contribution >= 4 is 22.5 Å². The molecule has 0 atom stereocenters. The zero-order valence-electron chi connectivity index (χ0n) is 11.9. The Hall–Kier alpha value is -2.31. The van der Waals surface area contributed by atoms with Crippen molar-refractivity contribution in [2.75, 3.05) is 0 Å². The zero-order valence-corrected chi connectivity index (χ0v) is 11.9. The van der Waals surface area contributed by atoms with Gasteiger partial charge in [0.25, 0.3) is 0 Å². The lowest BCUT2D eigenvalue weighted by atomic mass is 10.0. The van der Waals surface area contributed by atoms with Crippen molar-refractivity contribution in [2.45, 2.75) is 32.4 Å². The fraction of sp³-hybridized carbons (Fsp3) is 0.333. The first-order chi connectivity index (χ1) is 10.3. The lowest BCUT2D eigenvalue weighted by Gasteiger charge is -2.07. The highest BCUT2D eigenvalue weighted by Gasteiger charge is 2.39. The van der Waals surface area contributed by atoms with Crippen LogP contribution < -0.4 is 0 Å². The Morgan fingerprint density at radius 2 is 2.00 bits per heavy atom. The number of benzene rings is 1. The van der Waals surface area contributed by atoms with Crippen molar-refractivity contribution in [1.29, 1.82) is 0 Å². The number of aromatic hydroxyl groups is 1. The van der Waals surface area contributed by atoms with Crippen LogP contribution in [0.25, 0.3) is 10.9 Å². The summed E-state index contributed by atoms with van der Waals surface area (Å²) in [6, 6.07) is 6.76. The molecule has 1 aromatic heterocycles. The van der Waals surface area contributed by atoms with E-state index in [1.54, 1.807) is 24.3 Å². The molecule has 22 heavy (non-hydrogen) atoms. The first kappa shape index (κ1) is 16.1. The second kappa shape index (κ2) is 6.21. The molecule has 0 aliphatic carbocycles. The number of aromatic amines is 1. The standard InChI is InChI=1S/C15H15F3N2O2/c1-2-3-7-11(20-14(22)15(16,17)18)12-9-6-4-5-8-10(9)19-13(12)21/h4-6,8,19,21H,2-3,7H2,1H3. The van der Waals surface area contributed by atoms with Crippen LogP contribution >= 0.6 is 0 Å². The normalized spacial score (nSPS) is 12.8. The molecule has 0 bridgehead atoms. The van der Waals surface area contributed by atoms with E-state index in [0.29, 0.717) is 17.3 Å². The number of hydrogen-bond donors (Lipinski definition) is 2. The minimum Gasteiger partial charge on any atom is -0.494 e. The number of H-pyrrole nitrogens is 1. The van der Waals surface area contributed by atoms with Crippen LogP contribution in [0.2, 0.25) is 0 Å². The van der Waals surface area contributed by atoms with E-state index in [0.717, 1.165) is 6.42 Å². The fourth-order valence-corrected chi connectivity index (χ4v) is 2.19. The van der Waals surface area contributed by atoms with Gasteiger partial charge >= 0.3 is 12.1 Å². The van der Waals surface area contributed by atoms with Gasteiger partial charge in [-0.15, -0.1) is 0 Å². The van der Waals surface area contributed by atoms with Crippen molar-refractivity contribution < 1.29 is 23.1 Å². The number of para-hydroxylation sites is 1. The number of halogens is 3. The summed E-state index contributed by atoms with van der Waals surface area (Å²) in [5, 5.41) is 10.5. The number of aromatic nitrogens is 1. The van der Waals surface area contributed by atoms with Crippen LogP contribution in [-0.2, 0) is 4.79 Å². The van der Waals surface area contributed by atoms with Gasteiger partial charge in [0.2, 0.25) is 0 Å². The minimum absolute atomic E-state index is 0.0564. The molecule has 0 aliphatic rings. The highest BCUT2D eigenvalue weighted by molar-refractivity contribution is 6.16. The highest BCUT2D eigenvalue weighted by atomic mass is 19.4. The highest BCUT2D eigenvalue weighted by Crippen LogP contribution is 2.30. The monoisotopic (exact) mass is 312 g/mol. The molecule has 1 amide bonds. The van der Waals surface area contributed by atoms with Gasteiger partial charge in [0.1, 0.15) is 0 Å². The summed E-state index contributed by atoms with van der Waals surface area (Å²) in [7, 11) is 0. The van der Waals surface area contributed by atoms with Crippen molar-refractivity contribution in [3.05, 3.63) is 29.8 Å². The number of aliphatic imine (C=N–C) groups is 1. The van der Waals surface area contributed by atoms with Crippen molar-refractivity contribution in [3.8, 4) is 5.88 Å². The second-order valence-electron chi connectivity index (χ2n) is 4.86. The van der Waals surface area contributed by atoms with Gasteiger partial charge in [0.15, 0.2) is 5.88 Å². The summed E-state index contributed by atoms with van der Waals surface area (Å²) < 4.78 is 37.4. The number of carbonyl (C=O) groups is 1. The average molecular weight is 312 g/mol. The molecule has 0 aliphatic heterocycles. The lowest BCUT2D eigenvalue weighted by Crippen LogP contribution is -2.22. The topological polar surface area (TPSA) is 65.4 Å². The van der Waals surface area contributed by atoms with Gasteiger partial charge in [-0.3, -0.25) is 4.79 Å². The molecular formula is C15H15F3N2O2. The molecule has 4 nitrogen and oxygen atoms in total. The van der Waals surface area contributed by atoms with Crippen molar-refractivity contribution in [3.63, 3.8) is 0 Å². The number of unbranched alkanes of at least 4 members (excludes halogenated alkanes) is 1. The molecule has 2 rings (SSSR count). The number of rotatable bonds is 4. The van der Waals surface area contributed by atoms with Crippen LogP contribution in [0, 0.1) is 0 Å². The summed E-state index contributed by atoms with van der Waals surface area (Å²) in [5.74, 6) is -2.45. The quantitative estimate of drug-likeness (QED) is 0.840. The Kier molecular flexibility index (Phi) is 4.54. The Balaban J connectivity index is 2.55. The molecule has 1 aromatic carbocycles. The van der Waals surface area contributed by atoms with Gasteiger partial charge in [-0.2, -0.15) is 13.2 Å². The molecule has 0 saturated heterocycles. The summed E-state index contributed by atoms with van der Waals surface area (Å²) in [6.07, 6.45) is -3.57. The van der Waals surface area contributed by atoms with E-state index in [-0.39, 0.29) is 23.6 Å². The molecule has 7 heteroatoms. The maximum Gasteiger partial charge on any atom is 0.473 e. The van der Waals surface area contributed by atoms with Gasteiger partial charge in [0, 0.05) is 10.9 Å². The third-order valence-corrected chi connectivity index (χ3v) is 3.22.